The van der Waals surface area contributed by atoms with Crippen molar-refractivity contribution in [2.75, 3.05) is 14.2 Å². The number of aromatic nitrogens is 3. The third kappa shape index (κ3) is 2.76. The van der Waals surface area contributed by atoms with Crippen LogP contribution >= 0.6 is 11.6 Å². The summed E-state index contributed by atoms with van der Waals surface area (Å²) < 4.78 is 14.9. The number of hydroxylamine groups is 2. The number of amides is 1. The van der Waals surface area contributed by atoms with Gasteiger partial charge < -0.3 is 0 Å². The van der Waals surface area contributed by atoms with Gasteiger partial charge in [0.25, 0.3) is 5.91 Å². The van der Waals surface area contributed by atoms with E-state index in [0.717, 1.165) is 5.06 Å². The van der Waals surface area contributed by atoms with Gasteiger partial charge in [-0.05, 0) is 12.1 Å². The molecule has 3 aromatic rings. The maximum atomic E-state index is 13.6. The Morgan fingerprint density at radius 3 is 2.91 bits per heavy atom. The van der Waals surface area contributed by atoms with Crippen molar-refractivity contribution in [1.82, 2.24) is 19.7 Å². The van der Waals surface area contributed by atoms with Crippen molar-refractivity contribution >= 4 is 23.2 Å². The van der Waals surface area contributed by atoms with Crippen LogP contribution < -0.4 is 0 Å². The molecule has 0 saturated heterocycles. The fourth-order valence-electron chi connectivity index (χ4n) is 2.15. The molecule has 0 radical (unpaired) electrons. The van der Waals surface area contributed by atoms with Gasteiger partial charge >= 0.3 is 0 Å². The van der Waals surface area contributed by atoms with E-state index >= 15 is 0 Å². The zero-order valence-electron chi connectivity index (χ0n) is 12.3. The maximum absolute atomic E-state index is 13.6. The summed E-state index contributed by atoms with van der Waals surface area (Å²) in [5, 5.41) is 5.42. The van der Waals surface area contributed by atoms with Gasteiger partial charge in [0, 0.05) is 18.8 Å². The third-order valence-corrected chi connectivity index (χ3v) is 3.61. The van der Waals surface area contributed by atoms with Crippen molar-refractivity contribution in [3.05, 3.63) is 53.1 Å². The number of fused-ring (bicyclic) bond motifs is 1. The normalized spacial score (nSPS) is 11.0. The van der Waals surface area contributed by atoms with E-state index in [-0.39, 0.29) is 5.56 Å². The summed E-state index contributed by atoms with van der Waals surface area (Å²) in [6, 6.07) is 5.82. The van der Waals surface area contributed by atoms with Gasteiger partial charge in [-0.2, -0.15) is 5.10 Å². The topological polar surface area (TPSA) is 59.7 Å². The molecule has 118 valence electrons. The lowest BCUT2D eigenvalue weighted by molar-refractivity contribution is -0.0757. The Labute approximate surface area is 136 Å². The predicted octanol–water partition coefficient (Wildman–Crippen LogP) is 2.82. The minimum atomic E-state index is -0.437. The highest BCUT2D eigenvalue weighted by molar-refractivity contribution is 6.33. The first kappa shape index (κ1) is 15.4. The standard InChI is InChI=1S/C15H12ClFN4O2/c1-20(23-2)15(22)11-8-21-14(12(16)7-18-21)19-13(11)9-4-3-5-10(17)6-9/h3-8H,1-2H3. The molecule has 0 saturated carbocycles. The fraction of sp³-hybridized carbons (Fsp3) is 0.133. The zero-order chi connectivity index (χ0) is 16.6. The molecule has 0 unspecified atom stereocenters. The molecule has 0 fully saturated rings. The second-order valence-corrected chi connectivity index (χ2v) is 5.17. The molecule has 0 N–H and O–H groups in total. The van der Waals surface area contributed by atoms with Crippen LogP contribution in [0.2, 0.25) is 5.02 Å². The number of rotatable bonds is 3. The quantitative estimate of drug-likeness (QED) is 0.691. The first-order valence-corrected chi connectivity index (χ1v) is 7.01. The molecule has 1 amide bonds. The molecule has 2 aromatic heterocycles. The summed E-state index contributed by atoms with van der Waals surface area (Å²) in [6.07, 6.45) is 2.92. The first-order valence-electron chi connectivity index (χ1n) is 6.63. The molecule has 0 aliphatic carbocycles. The number of carbonyl (C=O) groups excluding carboxylic acids is 1. The maximum Gasteiger partial charge on any atom is 0.280 e. The first-order chi connectivity index (χ1) is 11.0. The molecular formula is C15H12ClFN4O2. The molecular weight excluding hydrogens is 323 g/mol. The van der Waals surface area contributed by atoms with Crippen LogP contribution in [0.4, 0.5) is 4.39 Å². The monoisotopic (exact) mass is 334 g/mol. The predicted molar refractivity (Wildman–Crippen MR) is 82.5 cm³/mol. The Hall–Kier alpha value is -2.51. The Kier molecular flexibility index (Phi) is 3.97. The van der Waals surface area contributed by atoms with E-state index in [4.69, 9.17) is 16.4 Å². The van der Waals surface area contributed by atoms with Gasteiger partial charge in [-0.25, -0.2) is 19.0 Å². The average Bonchev–Trinajstić information content (AvgIpc) is 2.92. The van der Waals surface area contributed by atoms with Gasteiger partial charge in [0.2, 0.25) is 0 Å². The summed E-state index contributed by atoms with van der Waals surface area (Å²) in [6.45, 7) is 0. The van der Waals surface area contributed by atoms with Gasteiger partial charge in [0.1, 0.15) is 10.8 Å². The van der Waals surface area contributed by atoms with Crippen molar-refractivity contribution in [2.45, 2.75) is 0 Å². The van der Waals surface area contributed by atoms with Gasteiger partial charge in [0.05, 0.1) is 24.6 Å². The van der Waals surface area contributed by atoms with Crippen LogP contribution in [0, 0.1) is 5.82 Å². The van der Waals surface area contributed by atoms with Crippen LogP contribution in [-0.2, 0) is 4.84 Å². The third-order valence-electron chi connectivity index (χ3n) is 3.34. The van der Waals surface area contributed by atoms with Crippen LogP contribution in [0.25, 0.3) is 16.9 Å². The molecule has 23 heavy (non-hydrogen) atoms. The molecule has 8 heteroatoms. The van der Waals surface area contributed by atoms with E-state index in [2.05, 4.69) is 10.1 Å². The van der Waals surface area contributed by atoms with Crippen LogP contribution in [0.5, 0.6) is 0 Å². The lowest BCUT2D eigenvalue weighted by Crippen LogP contribution is -2.26. The van der Waals surface area contributed by atoms with Crippen LogP contribution in [0.3, 0.4) is 0 Å². The Bertz CT molecular complexity index is 896. The highest BCUT2D eigenvalue weighted by Gasteiger charge is 2.21. The summed E-state index contributed by atoms with van der Waals surface area (Å²) in [7, 11) is 2.84. The fourth-order valence-corrected chi connectivity index (χ4v) is 2.32. The lowest BCUT2D eigenvalue weighted by atomic mass is 10.1. The van der Waals surface area contributed by atoms with E-state index in [1.165, 1.54) is 43.2 Å². The summed E-state index contributed by atoms with van der Waals surface area (Å²) in [5.74, 6) is -0.866. The Morgan fingerprint density at radius 1 is 1.43 bits per heavy atom. The van der Waals surface area contributed by atoms with Crippen LogP contribution in [0.15, 0.2) is 36.7 Å². The summed E-state index contributed by atoms with van der Waals surface area (Å²) >= 11 is 6.05. The molecule has 0 aliphatic rings. The van der Waals surface area contributed by atoms with E-state index < -0.39 is 11.7 Å². The second-order valence-electron chi connectivity index (χ2n) is 4.76. The highest BCUT2D eigenvalue weighted by Crippen LogP contribution is 2.26. The molecule has 0 atom stereocenters. The van der Waals surface area contributed by atoms with Crippen molar-refractivity contribution in [3.8, 4) is 11.3 Å². The van der Waals surface area contributed by atoms with Crippen LogP contribution in [-0.4, -0.2) is 39.7 Å². The Morgan fingerprint density at radius 2 is 2.22 bits per heavy atom. The zero-order valence-corrected chi connectivity index (χ0v) is 13.1. The lowest BCUT2D eigenvalue weighted by Gasteiger charge is -2.16. The van der Waals surface area contributed by atoms with E-state index in [1.54, 1.807) is 12.1 Å². The van der Waals surface area contributed by atoms with Crippen molar-refractivity contribution < 1.29 is 14.0 Å². The van der Waals surface area contributed by atoms with E-state index in [1.807, 2.05) is 0 Å². The molecule has 0 bridgehead atoms. The van der Waals surface area contributed by atoms with Gasteiger partial charge in [-0.3, -0.25) is 9.63 Å². The summed E-state index contributed by atoms with van der Waals surface area (Å²) in [5.41, 5.74) is 1.35. The van der Waals surface area contributed by atoms with Gasteiger partial charge in [-0.1, -0.05) is 23.7 Å². The van der Waals surface area contributed by atoms with Gasteiger partial charge in [-0.15, -0.1) is 0 Å². The molecule has 2 heterocycles. The average molecular weight is 335 g/mol. The number of carbonyl (C=O) groups is 1. The number of benzene rings is 1. The SMILES string of the molecule is CON(C)C(=O)c1cn2ncc(Cl)c2nc1-c1cccc(F)c1. The minimum absolute atomic E-state index is 0.215. The minimum Gasteiger partial charge on any atom is -0.274 e. The van der Waals surface area contributed by atoms with Gasteiger partial charge in [0.15, 0.2) is 5.65 Å². The Balaban J connectivity index is 2.28. The molecule has 3 rings (SSSR count). The largest absolute Gasteiger partial charge is 0.280 e. The second kappa shape index (κ2) is 5.94. The van der Waals surface area contributed by atoms with E-state index in [9.17, 15) is 9.18 Å². The highest BCUT2D eigenvalue weighted by atomic mass is 35.5. The van der Waals surface area contributed by atoms with Crippen molar-refractivity contribution in [3.63, 3.8) is 0 Å². The number of hydrogen-bond donors (Lipinski definition) is 0. The van der Waals surface area contributed by atoms with Crippen molar-refractivity contribution in [1.29, 1.82) is 0 Å². The number of hydrogen-bond acceptors (Lipinski definition) is 4. The molecule has 0 aliphatic heterocycles. The molecule has 0 spiro atoms. The smallest absolute Gasteiger partial charge is 0.274 e. The summed E-state index contributed by atoms with van der Waals surface area (Å²) in [4.78, 5) is 21.8. The van der Waals surface area contributed by atoms with Crippen LogP contribution in [0.1, 0.15) is 10.4 Å². The number of nitrogens with zero attached hydrogens (tertiary/aromatic N) is 4. The van der Waals surface area contributed by atoms with Crippen molar-refractivity contribution in [2.24, 2.45) is 0 Å². The molecule has 6 nitrogen and oxygen atoms in total. The molecule has 1 aromatic carbocycles. The van der Waals surface area contributed by atoms with E-state index in [0.29, 0.717) is 21.9 Å². The number of halogens is 2.